The molecule has 1 aromatic carbocycles. The van der Waals surface area contributed by atoms with E-state index in [0.29, 0.717) is 18.5 Å². The Hall–Kier alpha value is -1.86. The summed E-state index contributed by atoms with van der Waals surface area (Å²) in [7, 11) is -3.65. The molecular formula is C15H15NO4S2. The van der Waals surface area contributed by atoms with Crippen molar-refractivity contribution in [2.24, 2.45) is 5.92 Å². The maximum absolute atomic E-state index is 12.8. The second-order valence-corrected chi connectivity index (χ2v) is 7.84. The number of thiophene rings is 1. The van der Waals surface area contributed by atoms with Crippen molar-refractivity contribution < 1.29 is 18.3 Å². The van der Waals surface area contributed by atoms with Crippen molar-refractivity contribution in [3.8, 4) is 0 Å². The van der Waals surface area contributed by atoms with E-state index in [1.807, 2.05) is 0 Å². The number of carboxylic acid groups (broad SMARTS) is 1. The number of hydrogen-bond acceptors (Lipinski definition) is 4. The molecule has 0 bridgehead atoms. The summed E-state index contributed by atoms with van der Waals surface area (Å²) in [6.07, 6.45) is 0.647. The first-order valence-corrected chi connectivity index (χ1v) is 9.24. The molecule has 1 aromatic heterocycles. The van der Waals surface area contributed by atoms with Crippen molar-refractivity contribution in [1.82, 2.24) is 0 Å². The van der Waals surface area contributed by atoms with Crippen LogP contribution < -0.4 is 4.31 Å². The van der Waals surface area contributed by atoms with Crippen LogP contribution in [0.4, 0.5) is 5.69 Å². The van der Waals surface area contributed by atoms with Gasteiger partial charge in [-0.2, -0.15) is 11.3 Å². The van der Waals surface area contributed by atoms with E-state index in [0.717, 1.165) is 5.56 Å². The Morgan fingerprint density at radius 1 is 1.27 bits per heavy atom. The van der Waals surface area contributed by atoms with E-state index in [-0.39, 0.29) is 11.4 Å². The van der Waals surface area contributed by atoms with Gasteiger partial charge in [0.2, 0.25) is 0 Å². The number of benzene rings is 1. The Balaban J connectivity index is 2.08. The zero-order chi connectivity index (χ0) is 15.7. The summed E-state index contributed by atoms with van der Waals surface area (Å²) in [5.41, 5.74) is 1.34. The monoisotopic (exact) mass is 337 g/mol. The molecule has 5 nitrogen and oxygen atoms in total. The number of sulfonamides is 1. The van der Waals surface area contributed by atoms with Gasteiger partial charge in [-0.15, -0.1) is 0 Å². The van der Waals surface area contributed by atoms with E-state index in [1.54, 1.807) is 41.1 Å². The minimum Gasteiger partial charge on any atom is -0.481 e. The Morgan fingerprint density at radius 3 is 2.73 bits per heavy atom. The van der Waals surface area contributed by atoms with E-state index in [4.69, 9.17) is 0 Å². The van der Waals surface area contributed by atoms with Crippen LogP contribution in [-0.2, 0) is 21.2 Å². The van der Waals surface area contributed by atoms with Crippen LogP contribution in [0.2, 0.25) is 0 Å². The topological polar surface area (TPSA) is 74.7 Å². The molecule has 7 heteroatoms. The molecule has 1 unspecified atom stereocenters. The van der Waals surface area contributed by atoms with Crippen molar-refractivity contribution in [3.63, 3.8) is 0 Å². The first-order valence-electron chi connectivity index (χ1n) is 6.86. The molecule has 1 atom stereocenters. The smallest absolute Gasteiger partial charge is 0.306 e. The van der Waals surface area contributed by atoms with E-state index >= 15 is 0 Å². The van der Waals surface area contributed by atoms with E-state index in [1.165, 1.54) is 15.6 Å². The zero-order valence-corrected chi connectivity index (χ0v) is 13.3. The normalized spacial score (nSPS) is 18.5. The number of para-hydroxylation sites is 1. The third-order valence-corrected chi connectivity index (χ3v) is 6.48. The number of fused-ring (bicyclic) bond motifs is 1. The maximum atomic E-state index is 12.8. The van der Waals surface area contributed by atoms with E-state index < -0.39 is 21.9 Å². The Bertz CT molecular complexity index is 784. The van der Waals surface area contributed by atoms with Crippen LogP contribution in [0.15, 0.2) is 46.0 Å². The molecule has 2 heterocycles. The van der Waals surface area contributed by atoms with Crippen LogP contribution in [0.5, 0.6) is 0 Å². The zero-order valence-electron chi connectivity index (χ0n) is 11.7. The third-order valence-electron chi connectivity index (χ3n) is 3.84. The molecule has 116 valence electrons. The summed E-state index contributed by atoms with van der Waals surface area (Å²) in [6.45, 7) is 0.173. The molecule has 0 amide bonds. The summed E-state index contributed by atoms with van der Waals surface area (Å²) in [5.74, 6) is -1.45. The standard InChI is InChI=1S/C15H15NO4S2/c17-15(18)12-5-7-16(14-4-2-1-3-11(14)9-12)22(19,20)13-6-8-21-10-13/h1-4,6,8,10,12H,5,7,9H2,(H,17,18). The molecule has 1 aliphatic rings. The van der Waals surface area contributed by atoms with Crippen molar-refractivity contribution in [3.05, 3.63) is 46.7 Å². The largest absolute Gasteiger partial charge is 0.481 e. The van der Waals surface area contributed by atoms with Gasteiger partial charge in [-0.05, 0) is 35.9 Å². The summed E-state index contributed by atoms with van der Waals surface area (Å²) in [4.78, 5) is 11.6. The van der Waals surface area contributed by atoms with Crippen molar-refractivity contribution in [2.75, 3.05) is 10.8 Å². The lowest BCUT2D eigenvalue weighted by molar-refractivity contribution is -0.141. The fourth-order valence-corrected chi connectivity index (χ4v) is 5.21. The summed E-state index contributed by atoms with van der Waals surface area (Å²) in [6, 6.07) is 8.69. The van der Waals surface area contributed by atoms with Crippen LogP contribution in [0.1, 0.15) is 12.0 Å². The van der Waals surface area contributed by atoms with Crippen molar-refractivity contribution in [1.29, 1.82) is 0 Å². The summed E-state index contributed by atoms with van der Waals surface area (Å²) in [5, 5.41) is 12.6. The Morgan fingerprint density at radius 2 is 2.05 bits per heavy atom. The molecular weight excluding hydrogens is 322 g/mol. The quantitative estimate of drug-likeness (QED) is 0.934. The average molecular weight is 337 g/mol. The molecule has 0 saturated carbocycles. The average Bonchev–Trinajstić information content (AvgIpc) is 2.95. The molecule has 1 N–H and O–H groups in total. The molecule has 0 radical (unpaired) electrons. The molecule has 3 rings (SSSR count). The molecule has 1 aliphatic heterocycles. The van der Waals surface area contributed by atoms with Gasteiger partial charge in [0.1, 0.15) is 0 Å². The number of rotatable bonds is 3. The number of hydrogen-bond donors (Lipinski definition) is 1. The summed E-state index contributed by atoms with van der Waals surface area (Å²) < 4.78 is 27.0. The van der Waals surface area contributed by atoms with Gasteiger partial charge in [0, 0.05) is 11.9 Å². The Kier molecular flexibility index (Phi) is 3.92. The minimum atomic E-state index is -3.65. The maximum Gasteiger partial charge on any atom is 0.306 e. The molecule has 0 saturated heterocycles. The van der Waals surface area contributed by atoms with Crippen molar-refractivity contribution in [2.45, 2.75) is 17.7 Å². The Labute approximate surface area is 132 Å². The summed E-state index contributed by atoms with van der Waals surface area (Å²) >= 11 is 1.32. The molecule has 0 spiro atoms. The second-order valence-electron chi connectivity index (χ2n) is 5.19. The number of nitrogens with zero attached hydrogens (tertiary/aromatic N) is 1. The second kappa shape index (κ2) is 5.73. The van der Waals surface area contributed by atoms with Crippen molar-refractivity contribution >= 4 is 33.0 Å². The minimum absolute atomic E-state index is 0.173. The van der Waals surface area contributed by atoms with Gasteiger partial charge in [0.15, 0.2) is 0 Å². The number of anilines is 1. The molecule has 0 fully saturated rings. The number of carbonyl (C=O) groups is 1. The SMILES string of the molecule is O=C(O)C1CCN(S(=O)(=O)c2ccsc2)c2ccccc2C1. The highest BCUT2D eigenvalue weighted by atomic mass is 32.2. The lowest BCUT2D eigenvalue weighted by Gasteiger charge is -2.23. The van der Waals surface area contributed by atoms with Crippen LogP contribution in [0, 0.1) is 5.92 Å². The van der Waals surface area contributed by atoms with Gasteiger partial charge in [0.05, 0.1) is 16.5 Å². The van der Waals surface area contributed by atoms with Gasteiger partial charge in [0.25, 0.3) is 10.0 Å². The fraction of sp³-hybridized carbons (Fsp3) is 0.267. The first kappa shape index (κ1) is 15.1. The highest BCUT2D eigenvalue weighted by Crippen LogP contribution is 2.33. The van der Waals surface area contributed by atoms with Gasteiger partial charge in [-0.25, -0.2) is 8.42 Å². The fourth-order valence-electron chi connectivity index (χ4n) is 2.67. The van der Waals surface area contributed by atoms with Crippen LogP contribution in [-0.4, -0.2) is 26.0 Å². The predicted octanol–water partition coefficient (Wildman–Crippen LogP) is 2.59. The third kappa shape index (κ3) is 2.62. The van der Waals surface area contributed by atoms with E-state index in [2.05, 4.69) is 0 Å². The van der Waals surface area contributed by atoms with Crippen LogP contribution in [0.3, 0.4) is 0 Å². The van der Waals surface area contributed by atoms with Gasteiger partial charge in [-0.3, -0.25) is 9.10 Å². The lowest BCUT2D eigenvalue weighted by atomic mass is 9.97. The van der Waals surface area contributed by atoms with Gasteiger partial charge in [-0.1, -0.05) is 18.2 Å². The number of carboxylic acids is 1. The predicted molar refractivity (Wildman–Crippen MR) is 84.7 cm³/mol. The number of aliphatic carboxylic acids is 1. The molecule has 22 heavy (non-hydrogen) atoms. The highest BCUT2D eigenvalue weighted by molar-refractivity contribution is 7.93. The van der Waals surface area contributed by atoms with Crippen LogP contribution in [0.25, 0.3) is 0 Å². The highest BCUT2D eigenvalue weighted by Gasteiger charge is 2.32. The first-order chi connectivity index (χ1) is 10.5. The van der Waals surface area contributed by atoms with Gasteiger partial charge >= 0.3 is 5.97 Å². The van der Waals surface area contributed by atoms with Crippen LogP contribution >= 0.6 is 11.3 Å². The lowest BCUT2D eigenvalue weighted by Crippen LogP contribution is -2.32. The van der Waals surface area contributed by atoms with E-state index in [9.17, 15) is 18.3 Å². The molecule has 0 aliphatic carbocycles. The molecule has 2 aromatic rings. The van der Waals surface area contributed by atoms with Gasteiger partial charge < -0.3 is 5.11 Å².